The van der Waals surface area contributed by atoms with Crippen molar-refractivity contribution in [1.29, 1.82) is 0 Å². The molecular weight excluding hydrogens is 283 g/mol. The van der Waals surface area contributed by atoms with Gasteiger partial charge in [-0.1, -0.05) is 25.1 Å². The molecule has 0 unspecified atom stereocenters. The van der Waals surface area contributed by atoms with Gasteiger partial charge in [-0.05, 0) is 25.5 Å². The summed E-state index contributed by atoms with van der Waals surface area (Å²) in [6.45, 7) is 4.68. The van der Waals surface area contributed by atoms with Crippen LogP contribution in [0.25, 0.3) is 0 Å². The lowest BCUT2D eigenvalue weighted by atomic mass is 10.2. The number of carbonyl (C=O) groups excluding carboxylic acids is 1. The van der Waals surface area contributed by atoms with Gasteiger partial charge < -0.3 is 10.6 Å². The normalized spacial score (nSPS) is 10.3. The maximum absolute atomic E-state index is 13.5. The molecule has 0 fully saturated rings. The van der Waals surface area contributed by atoms with Crippen LogP contribution in [0.3, 0.4) is 0 Å². The topological polar surface area (TPSA) is 66.9 Å². The fraction of sp³-hybridized carbons (Fsp3) is 0.312. The fourth-order valence-corrected chi connectivity index (χ4v) is 1.91. The number of nitrogens with zero attached hydrogens (tertiary/aromatic N) is 2. The zero-order valence-electron chi connectivity index (χ0n) is 12.7. The molecule has 0 aliphatic rings. The van der Waals surface area contributed by atoms with Gasteiger partial charge in [-0.15, -0.1) is 0 Å². The van der Waals surface area contributed by atoms with E-state index >= 15 is 0 Å². The van der Waals surface area contributed by atoms with Crippen LogP contribution in [0.15, 0.2) is 30.3 Å². The van der Waals surface area contributed by atoms with Crippen molar-refractivity contribution in [1.82, 2.24) is 15.3 Å². The molecule has 0 atom stereocenters. The molecule has 0 radical (unpaired) electrons. The van der Waals surface area contributed by atoms with E-state index in [4.69, 9.17) is 0 Å². The SMILES string of the molecule is CCCNc1nc(C)cc(C(=O)NCc2ccccc2F)n1. The number of anilines is 1. The van der Waals surface area contributed by atoms with Crippen LogP contribution < -0.4 is 10.6 Å². The van der Waals surface area contributed by atoms with Crippen molar-refractivity contribution in [3.63, 3.8) is 0 Å². The molecule has 0 saturated carbocycles. The fourth-order valence-electron chi connectivity index (χ4n) is 1.91. The van der Waals surface area contributed by atoms with Gasteiger partial charge in [-0.2, -0.15) is 0 Å². The lowest BCUT2D eigenvalue weighted by molar-refractivity contribution is 0.0945. The summed E-state index contributed by atoms with van der Waals surface area (Å²) >= 11 is 0. The molecule has 2 aromatic rings. The minimum absolute atomic E-state index is 0.117. The van der Waals surface area contributed by atoms with Crippen LogP contribution in [-0.2, 0) is 6.54 Å². The zero-order chi connectivity index (χ0) is 15.9. The third kappa shape index (κ3) is 4.25. The highest BCUT2D eigenvalue weighted by atomic mass is 19.1. The van der Waals surface area contributed by atoms with Crippen LogP contribution in [-0.4, -0.2) is 22.4 Å². The lowest BCUT2D eigenvalue weighted by Crippen LogP contribution is -2.25. The van der Waals surface area contributed by atoms with Gasteiger partial charge in [0.2, 0.25) is 5.95 Å². The number of carbonyl (C=O) groups is 1. The Morgan fingerprint density at radius 2 is 2.05 bits per heavy atom. The van der Waals surface area contributed by atoms with E-state index in [1.165, 1.54) is 6.07 Å². The highest BCUT2D eigenvalue weighted by molar-refractivity contribution is 5.92. The second kappa shape index (κ2) is 7.49. The number of hydrogen-bond acceptors (Lipinski definition) is 4. The van der Waals surface area contributed by atoms with Gasteiger partial charge in [0.25, 0.3) is 5.91 Å². The number of nitrogens with one attached hydrogen (secondary N) is 2. The standard InChI is InChI=1S/C16H19FN4O/c1-3-8-18-16-20-11(2)9-14(21-16)15(22)19-10-12-6-4-5-7-13(12)17/h4-7,9H,3,8,10H2,1-2H3,(H,19,22)(H,18,20,21). The number of hydrogen-bond donors (Lipinski definition) is 2. The van der Waals surface area contributed by atoms with E-state index in [1.807, 2.05) is 6.92 Å². The van der Waals surface area contributed by atoms with Gasteiger partial charge in [0.1, 0.15) is 11.5 Å². The monoisotopic (exact) mass is 302 g/mol. The van der Waals surface area contributed by atoms with Crippen LogP contribution in [0.2, 0.25) is 0 Å². The summed E-state index contributed by atoms with van der Waals surface area (Å²) in [5.41, 5.74) is 1.40. The summed E-state index contributed by atoms with van der Waals surface area (Å²) in [7, 11) is 0. The summed E-state index contributed by atoms with van der Waals surface area (Å²) in [6, 6.07) is 7.94. The van der Waals surface area contributed by atoms with Gasteiger partial charge in [0.05, 0.1) is 0 Å². The predicted octanol–water partition coefficient (Wildman–Crippen LogP) is 2.68. The van der Waals surface area contributed by atoms with Crippen molar-refractivity contribution in [3.05, 3.63) is 53.1 Å². The molecule has 5 nitrogen and oxygen atoms in total. The molecule has 0 aliphatic heterocycles. The molecule has 116 valence electrons. The molecule has 0 bridgehead atoms. The van der Waals surface area contributed by atoms with E-state index in [1.54, 1.807) is 31.2 Å². The van der Waals surface area contributed by atoms with E-state index in [2.05, 4.69) is 20.6 Å². The summed E-state index contributed by atoms with van der Waals surface area (Å²) < 4.78 is 13.5. The maximum Gasteiger partial charge on any atom is 0.270 e. The number of rotatable bonds is 6. The van der Waals surface area contributed by atoms with E-state index < -0.39 is 0 Å². The zero-order valence-corrected chi connectivity index (χ0v) is 12.7. The molecule has 2 rings (SSSR count). The highest BCUT2D eigenvalue weighted by Crippen LogP contribution is 2.08. The average Bonchev–Trinajstić information content (AvgIpc) is 2.51. The molecule has 22 heavy (non-hydrogen) atoms. The lowest BCUT2D eigenvalue weighted by Gasteiger charge is -2.08. The highest BCUT2D eigenvalue weighted by Gasteiger charge is 2.11. The molecule has 0 saturated heterocycles. The summed E-state index contributed by atoms with van der Waals surface area (Å²) in [6.07, 6.45) is 0.937. The van der Waals surface area contributed by atoms with Crippen LogP contribution >= 0.6 is 0 Å². The summed E-state index contributed by atoms with van der Waals surface area (Å²) in [5.74, 6) is -0.266. The van der Waals surface area contributed by atoms with Gasteiger partial charge in [0, 0.05) is 24.3 Å². The van der Waals surface area contributed by atoms with E-state index in [-0.39, 0.29) is 24.0 Å². The van der Waals surface area contributed by atoms with Gasteiger partial charge in [0.15, 0.2) is 0 Å². The Morgan fingerprint density at radius 3 is 2.77 bits per heavy atom. The molecule has 1 amide bonds. The van der Waals surface area contributed by atoms with Crippen molar-refractivity contribution in [2.75, 3.05) is 11.9 Å². The van der Waals surface area contributed by atoms with Crippen molar-refractivity contribution in [2.24, 2.45) is 0 Å². The number of aryl methyl sites for hydroxylation is 1. The van der Waals surface area contributed by atoms with Gasteiger partial charge in [-0.3, -0.25) is 4.79 Å². The minimum Gasteiger partial charge on any atom is -0.354 e. The third-order valence-corrected chi connectivity index (χ3v) is 3.02. The minimum atomic E-state index is -0.353. The summed E-state index contributed by atoms with van der Waals surface area (Å²) in [4.78, 5) is 20.6. The summed E-state index contributed by atoms with van der Waals surface area (Å²) in [5, 5.41) is 5.72. The Kier molecular flexibility index (Phi) is 5.41. The molecular formula is C16H19FN4O. The smallest absolute Gasteiger partial charge is 0.270 e. The number of amides is 1. The Morgan fingerprint density at radius 1 is 1.27 bits per heavy atom. The van der Waals surface area contributed by atoms with Crippen molar-refractivity contribution < 1.29 is 9.18 Å². The Bertz CT molecular complexity index is 660. The van der Waals surface area contributed by atoms with Gasteiger partial charge >= 0.3 is 0 Å². The first-order valence-electron chi connectivity index (χ1n) is 7.21. The second-order valence-corrected chi connectivity index (χ2v) is 4.92. The molecule has 0 spiro atoms. The van der Waals surface area contributed by atoms with Gasteiger partial charge in [-0.25, -0.2) is 14.4 Å². The van der Waals surface area contributed by atoms with Crippen LogP contribution in [0.5, 0.6) is 0 Å². The van der Waals surface area contributed by atoms with Crippen molar-refractivity contribution in [2.45, 2.75) is 26.8 Å². The molecule has 1 aromatic carbocycles. The van der Waals surface area contributed by atoms with Crippen LogP contribution in [0.1, 0.15) is 35.1 Å². The number of aromatic nitrogens is 2. The predicted molar refractivity (Wildman–Crippen MR) is 83.1 cm³/mol. The largest absolute Gasteiger partial charge is 0.354 e. The second-order valence-electron chi connectivity index (χ2n) is 4.92. The maximum atomic E-state index is 13.5. The molecule has 6 heteroatoms. The Balaban J connectivity index is 2.06. The Labute approximate surface area is 129 Å². The Hall–Kier alpha value is -2.50. The third-order valence-electron chi connectivity index (χ3n) is 3.02. The molecule has 1 aromatic heterocycles. The number of halogens is 1. The average molecular weight is 302 g/mol. The van der Waals surface area contributed by atoms with Crippen LogP contribution in [0.4, 0.5) is 10.3 Å². The first-order chi connectivity index (χ1) is 10.6. The quantitative estimate of drug-likeness (QED) is 0.861. The first-order valence-corrected chi connectivity index (χ1v) is 7.21. The van der Waals surface area contributed by atoms with Crippen molar-refractivity contribution in [3.8, 4) is 0 Å². The molecule has 1 heterocycles. The van der Waals surface area contributed by atoms with E-state index in [0.29, 0.717) is 17.2 Å². The molecule has 2 N–H and O–H groups in total. The van der Waals surface area contributed by atoms with E-state index in [0.717, 1.165) is 13.0 Å². The molecule has 0 aliphatic carbocycles. The van der Waals surface area contributed by atoms with E-state index in [9.17, 15) is 9.18 Å². The first kappa shape index (κ1) is 15.9. The van der Waals surface area contributed by atoms with Crippen LogP contribution in [0, 0.1) is 12.7 Å². The van der Waals surface area contributed by atoms with Crippen molar-refractivity contribution >= 4 is 11.9 Å². The number of benzene rings is 1.